The topological polar surface area (TPSA) is 87.7 Å². The lowest BCUT2D eigenvalue weighted by Gasteiger charge is -2.31. The van der Waals surface area contributed by atoms with Gasteiger partial charge in [-0.05, 0) is 36.1 Å². The Hall–Kier alpha value is -3.97. The van der Waals surface area contributed by atoms with Gasteiger partial charge in [-0.3, -0.25) is 14.9 Å². The van der Waals surface area contributed by atoms with Crippen molar-refractivity contribution < 1.29 is 19.1 Å². The number of rotatable bonds is 9. The number of hydrogen-bond donors (Lipinski definition) is 2. The van der Waals surface area contributed by atoms with Crippen molar-refractivity contribution >= 4 is 24.0 Å². The van der Waals surface area contributed by atoms with Gasteiger partial charge in [-0.15, -0.1) is 0 Å². The normalized spacial score (nSPS) is 14.1. The summed E-state index contributed by atoms with van der Waals surface area (Å²) in [6.07, 6.45) is 2.06. The van der Waals surface area contributed by atoms with Crippen LogP contribution in [0.5, 0.6) is 0 Å². The Bertz CT molecular complexity index is 1170. The minimum absolute atomic E-state index is 0.0265. The van der Waals surface area contributed by atoms with E-state index in [9.17, 15) is 14.4 Å². The molecule has 0 radical (unpaired) electrons. The van der Waals surface area contributed by atoms with Gasteiger partial charge in [0.05, 0.1) is 5.69 Å². The number of benzene rings is 3. The monoisotopic (exact) mass is 485 g/mol. The number of nitrogens with one attached hydrogen (secondary N) is 2. The number of piperidine rings is 1. The average molecular weight is 486 g/mol. The third-order valence-electron chi connectivity index (χ3n) is 6.29. The zero-order chi connectivity index (χ0) is 25.2. The van der Waals surface area contributed by atoms with Gasteiger partial charge in [-0.1, -0.05) is 66.7 Å². The standard InChI is InChI=1S/C29H31N3O4/c33-21-23-8-6-7-22(19-23)20-30-28(34)15-18-32-16-13-25(14-17-32)36-29(35)31-27-12-5-4-11-26(27)24-9-2-1-3-10-24/h1-12,19,21,25H,13-18,20H2,(H,30,34)(H,31,35). The number of ether oxygens (including phenoxy) is 1. The molecule has 0 aliphatic carbocycles. The van der Waals surface area contributed by atoms with Crippen LogP contribution >= 0.6 is 0 Å². The molecule has 3 aromatic rings. The maximum atomic E-state index is 12.6. The van der Waals surface area contributed by atoms with Gasteiger partial charge in [-0.25, -0.2) is 4.79 Å². The highest BCUT2D eigenvalue weighted by atomic mass is 16.6. The molecular weight excluding hydrogens is 454 g/mol. The molecule has 4 rings (SSSR count). The molecule has 1 aliphatic rings. The molecule has 0 bridgehead atoms. The van der Waals surface area contributed by atoms with E-state index in [4.69, 9.17) is 4.74 Å². The lowest BCUT2D eigenvalue weighted by molar-refractivity contribution is -0.121. The van der Waals surface area contributed by atoms with Crippen LogP contribution in [0.2, 0.25) is 0 Å². The number of aldehydes is 1. The lowest BCUT2D eigenvalue weighted by atomic mass is 10.0. The Labute approximate surface area is 211 Å². The third kappa shape index (κ3) is 7.26. The molecular formula is C29H31N3O4. The summed E-state index contributed by atoms with van der Waals surface area (Å²) in [4.78, 5) is 37.9. The van der Waals surface area contributed by atoms with E-state index < -0.39 is 6.09 Å². The summed E-state index contributed by atoms with van der Waals surface area (Å²) in [5.41, 5.74) is 4.19. The van der Waals surface area contributed by atoms with E-state index >= 15 is 0 Å². The Morgan fingerprint density at radius 3 is 2.47 bits per heavy atom. The third-order valence-corrected chi connectivity index (χ3v) is 6.29. The summed E-state index contributed by atoms with van der Waals surface area (Å²) in [5, 5.41) is 5.80. The molecule has 36 heavy (non-hydrogen) atoms. The highest BCUT2D eigenvalue weighted by Crippen LogP contribution is 2.28. The fourth-order valence-electron chi connectivity index (χ4n) is 4.33. The van der Waals surface area contributed by atoms with E-state index in [2.05, 4.69) is 15.5 Å². The average Bonchev–Trinajstić information content (AvgIpc) is 2.92. The molecule has 1 aliphatic heterocycles. The second-order valence-corrected chi connectivity index (χ2v) is 8.87. The van der Waals surface area contributed by atoms with Crippen molar-refractivity contribution in [1.82, 2.24) is 10.2 Å². The van der Waals surface area contributed by atoms with Gasteiger partial charge in [0.25, 0.3) is 0 Å². The number of para-hydroxylation sites is 1. The van der Waals surface area contributed by atoms with Crippen LogP contribution in [0.1, 0.15) is 35.2 Å². The van der Waals surface area contributed by atoms with E-state index in [1.165, 1.54) is 0 Å². The number of likely N-dealkylation sites (tertiary alicyclic amines) is 1. The van der Waals surface area contributed by atoms with Crippen molar-refractivity contribution in [2.24, 2.45) is 0 Å². The van der Waals surface area contributed by atoms with Crippen molar-refractivity contribution in [2.45, 2.75) is 31.9 Å². The van der Waals surface area contributed by atoms with Crippen LogP contribution in [0.25, 0.3) is 11.1 Å². The number of anilines is 1. The second-order valence-electron chi connectivity index (χ2n) is 8.87. The van der Waals surface area contributed by atoms with E-state index in [-0.39, 0.29) is 12.0 Å². The fraction of sp³-hybridized carbons (Fsp3) is 0.276. The predicted octanol–water partition coefficient (Wildman–Crippen LogP) is 4.89. The Morgan fingerprint density at radius 1 is 0.944 bits per heavy atom. The molecule has 0 spiro atoms. The van der Waals surface area contributed by atoms with Crippen LogP contribution in [0.15, 0.2) is 78.9 Å². The smallest absolute Gasteiger partial charge is 0.411 e. The Morgan fingerprint density at radius 2 is 1.69 bits per heavy atom. The molecule has 186 valence electrons. The first-order chi connectivity index (χ1) is 17.6. The van der Waals surface area contributed by atoms with Crippen LogP contribution in [-0.4, -0.2) is 48.9 Å². The summed E-state index contributed by atoms with van der Waals surface area (Å²) >= 11 is 0. The molecule has 0 unspecified atom stereocenters. The maximum absolute atomic E-state index is 12.6. The van der Waals surface area contributed by atoms with Crippen molar-refractivity contribution in [3.05, 3.63) is 90.0 Å². The Kier molecular flexibility index (Phi) is 8.83. The van der Waals surface area contributed by atoms with Crippen LogP contribution < -0.4 is 10.6 Å². The summed E-state index contributed by atoms with van der Waals surface area (Å²) < 4.78 is 5.69. The first-order valence-corrected chi connectivity index (χ1v) is 12.3. The summed E-state index contributed by atoms with van der Waals surface area (Å²) in [7, 11) is 0. The molecule has 3 aromatic carbocycles. The number of hydrogen-bond acceptors (Lipinski definition) is 5. The van der Waals surface area contributed by atoms with Crippen LogP contribution in [-0.2, 0) is 16.1 Å². The molecule has 0 aromatic heterocycles. The Balaban J connectivity index is 1.17. The van der Waals surface area contributed by atoms with E-state index in [1.807, 2.05) is 60.7 Å². The quantitative estimate of drug-likeness (QED) is 0.422. The number of nitrogens with zero attached hydrogens (tertiary/aromatic N) is 1. The second kappa shape index (κ2) is 12.7. The molecule has 1 fully saturated rings. The summed E-state index contributed by atoms with van der Waals surface area (Å²) in [5.74, 6) is -0.0265. The zero-order valence-electron chi connectivity index (χ0n) is 20.2. The van der Waals surface area contributed by atoms with Gasteiger partial charge in [0, 0.05) is 43.7 Å². The first-order valence-electron chi connectivity index (χ1n) is 12.3. The molecule has 7 nitrogen and oxygen atoms in total. The van der Waals surface area contributed by atoms with Crippen molar-refractivity contribution in [1.29, 1.82) is 0 Å². The summed E-state index contributed by atoms with van der Waals surface area (Å²) in [6.45, 7) is 2.60. The minimum atomic E-state index is -0.449. The number of amides is 2. The lowest BCUT2D eigenvalue weighted by Crippen LogP contribution is -2.40. The molecule has 7 heteroatoms. The first kappa shape index (κ1) is 25.1. The summed E-state index contributed by atoms with van der Waals surface area (Å²) in [6, 6.07) is 24.8. The fourth-order valence-corrected chi connectivity index (χ4v) is 4.33. The van der Waals surface area contributed by atoms with Crippen LogP contribution in [0.4, 0.5) is 10.5 Å². The van der Waals surface area contributed by atoms with Gasteiger partial charge >= 0.3 is 6.09 Å². The van der Waals surface area contributed by atoms with E-state index in [0.29, 0.717) is 25.1 Å². The van der Waals surface area contributed by atoms with E-state index in [1.54, 1.807) is 18.2 Å². The maximum Gasteiger partial charge on any atom is 0.411 e. The van der Waals surface area contributed by atoms with Gasteiger partial charge in [-0.2, -0.15) is 0 Å². The highest BCUT2D eigenvalue weighted by molar-refractivity contribution is 5.91. The van der Waals surface area contributed by atoms with Crippen LogP contribution in [0.3, 0.4) is 0 Å². The molecule has 0 saturated carbocycles. The SMILES string of the molecule is O=Cc1cccc(CNC(=O)CCN2CCC(OC(=O)Nc3ccccc3-c3ccccc3)CC2)c1. The van der Waals surface area contributed by atoms with Crippen LogP contribution in [0, 0.1) is 0 Å². The van der Waals surface area contributed by atoms with Gasteiger partial charge in [0.2, 0.25) is 5.91 Å². The van der Waals surface area contributed by atoms with E-state index in [0.717, 1.165) is 54.6 Å². The van der Waals surface area contributed by atoms with Gasteiger partial charge in [0.1, 0.15) is 12.4 Å². The number of carbonyl (C=O) groups excluding carboxylic acids is 3. The van der Waals surface area contributed by atoms with Crippen molar-refractivity contribution in [2.75, 3.05) is 25.0 Å². The molecule has 1 saturated heterocycles. The van der Waals surface area contributed by atoms with Crippen molar-refractivity contribution in [3.63, 3.8) is 0 Å². The molecule has 2 amide bonds. The number of carbonyl (C=O) groups is 3. The highest BCUT2D eigenvalue weighted by Gasteiger charge is 2.23. The van der Waals surface area contributed by atoms with Gasteiger partial charge in [0.15, 0.2) is 0 Å². The largest absolute Gasteiger partial charge is 0.446 e. The zero-order valence-corrected chi connectivity index (χ0v) is 20.2. The minimum Gasteiger partial charge on any atom is -0.446 e. The molecule has 2 N–H and O–H groups in total. The molecule has 1 heterocycles. The van der Waals surface area contributed by atoms with Gasteiger partial charge < -0.3 is 15.0 Å². The van der Waals surface area contributed by atoms with Crippen molar-refractivity contribution in [3.8, 4) is 11.1 Å². The predicted molar refractivity (Wildman–Crippen MR) is 140 cm³/mol. The molecule has 0 atom stereocenters.